The number of furan rings is 1. The molecule has 6 aromatic carbocycles. The van der Waals surface area contributed by atoms with Crippen LogP contribution in [0.3, 0.4) is 0 Å². The normalized spacial score (nSPS) is 11.9. The minimum Gasteiger partial charge on any atom is -0.455 e. The lowest BCUT2D eigenvalue weighted by molar-refractivity contribution is 0.670. The number of aromatic nitrogens is 1. The SMILES string of the molecule is c1ccc2c(c1)-c1ccccc1-c1c(cccc1-c1cccc3c1oc1ccccc13)-c1c-2ccc2ncccc12. The Morgan fingerprint density at radius 2 is 0.951 bits per heavy atom. The molecule has 9 rings (SSSR count). The van der Waals surface area contributed by atoms with Gasteiger partial charge in [0.1, 0.15) is 11.2 Å². The van der Waals surface area contributed by atoms with Crippen LogP contribution in [-0.2, 0) is 0 Å². The first kappa shape index (κ1) is 22.4. The molecule has 2 aromatic heterocycles. The van der Waals surface area contributed by atoms with Gasteiger partial charge in [-0.15, -0.1) is 0 Å². The Morgan fingerprint density at radius 3 is 1.83 bits per heavy atom. The second-order valence-electron chi connectivity index (χ2n) is 10.7. The van der Waals surface area contributed by atoms with E-state index in [1.54, 1.807) is 0 Å². The lowest BCUT2D eigenvalue weighted by Gasteiger charge is -2.26. The van der Waals surface area contributed by atoms with E-state index in [1.165, 1.54) is 44.5 Å². The van der Waals surface area contributed by atoms with Gasteiger partial charge in [0.25, 0.3) is 0 Å². The molecule has 0 N–H and O–H groups in total. The zero-order chi connectivity index (χ0) is 26.9. The first-order chi connectivity index (χ1) is 20.4. The predicted molar refractivity (Wildman–Crippen MR) is 170 cm³/mol. The van der Waals surface area contributed by atoms with Crippen LogP contribution in [0.15, 0.2) is 144 Å². The summed E-state index contributed by atoms with van der Waals surface area (Å²) in [5, 5.41) is 3.43. The monoisotopic (exact) mass is 521 g/mol. The maximum Gasteiger partial charge on any atom is 0.143 e. The molecule has 190 valence electrons. The standard InChI is InChI=1S/C39H23NO/c1-2-12-26-24(10-1)25-11-3-4-14-28(25)37-29(32-17-8-16-31-27-13-5-6-20-36(27)41-39(31)32)15-7-18-34(37)38-30(26)21-22-35-33(38)19-9-23-40-35/h1-23H. The first-order valence-electron chi connectivity index (χ1n) is 14.0. The molecular formula is C39H23NO. The van der Waals surface area contributed by atoms with Gasteiger partial charge in [0.05, 0.1) is 5.52 Å². The molecule has 0 saturated carbocycles. The highest BCUT2D eigenvalue weighted by Gasteiger charge is 2.26. The lowest BCUT2D eigenvalue weighted by atomic mass is 9.77. The van der Waals surface area contributed by atoms with Crippen LogP contribution < -0.4 is 0 Å². The fourth-order valence-corrected chi connectivity index (χ4v) is 6.79. The summed E-state index contributed by atoms with van der Waals surface area (Å²) >= 11 is 0. The van der Waals surface area contributed by atoms with Crippen molar-refractivity contribution >= 4 is 32.8 Å². The number of benzene rings is 6. The second kappa shape index (κ2) is 8.51. The summed E-state index contributed by atoms with van der Waals surface area (Å²) in [6, 6.07) is 47.7. The van der Waals surface area contributed by atoms with Gasteiger partial charge in [-0.1, -0.05) is 115 Å². The minimum atomic E-state index is 0.908. The second-order valence-corrected chi connectivity index (χ2v) is 10.7. The molecule has 0 saturated heterocycles. The number of hydrogen-bond acceptors (Lipinski definition) is 2. The molecule has 1 aliphatic carbocycles. The third kappa shape index (κ3) is 3.16. The van der Waals surface area contributed by atoms with Crippen LogP contribution in [0.5, 0.6) is 0 Å². The van der Waals surface area contributed by atoms with E-state index < -0.39 is 0 Å². The molecule has 0 radical (unpaired) electrons. The van der Waals surface area contributed by atoms with E-state index in [0.717, 1.165) is 44.0 Å². The molecule has 0 amide bonds. The van der Waals surface area contributed by atoms with Crippen molar-refractivity contribution in [1.29, 1.82) is 0 Å². The fourth-order valence-electron chi connectivity index (χ4n) is 6.79. The molecular weight excluding hydrogens is 498 g/mol. The van der Waals surface area contributed by atoms with Crippen molar-refractivity contribution in [3.8, 4) is 55.6 Å². The Labute approximate surface area is 237 Å². The van der Waals surface area contributed by atoms with Crippen LogP contribution in [0.2, 0.25) is 0 Å². The Bertz CT molecular complexity index is 2320. The van der Waals surface area contributed by atoms with Gasteiger partial charge in [0, 0.05) is 27.9 Å². The molecule has 0 unspecified atom stereocenters. The Kier molecular flexibility index (Phi) is 4.64. The molecule has 1 aliphatic rings. The minimum absolute atomic E-state index is 0.908. The van der Waals surface area contributed by atoms with Crippen molar-refractivity contribution in [2.75, 3.05) is 0 Å². The average molecular weight is 522 g/mol. The molecule has 8 aromatic rings. The van der Waals surface area contributed by atoms with Crippen LogP contribution >= 0.6 is 0 Å². The van der Waals surface area contributed by atoms with Gasteiger partial charge in [-0.05, 0) is 68.3 Å². The predicted octanol–water partition coefficient (Wildman–Crippen LogP) is 10.8. The van der Waals surface area contributed by atoms with E-state index in [0.29, 0.717) is 0 Å². The molecule has 0 spiro atoms. The summed E-state index contributed by atoms with van der Waals surface area (Å²) in [6.07, 6.45) is 1.88. The van der Waals surface area contributed by atoms with Gasteiger partial charge < -0.3 is 4.42 Å². The fraction of sp³-hybridized carbons (Fsp3) is 0. The van der Waals surface area contributed by atoms with Crippen LogP contribution in [-0.4, -0.2) is 4.98 Å². The number of hydrogen-bond donors (Lipinski definition) is 0. The summed E-state index contributed by atoms with van der Waals surface area (Å²) in [6.45, 7) is 0. The van der Waals surface area contributed by atoms with Crippen molar-refractivity contribution < 1.29 is 4.42 Å². The highest BCUT2D eigenvalue weighted by Crippen LogP contribution is 2.52. The average Bonchev–Trinajstić information content (AvgIpc) is 3.42. The lowest BCUT2D eigenvalue weighted by Crippen LogP contribution is -2.00. The largest absolute Gasteiger partial charge is 0.455 e. The molecule has 0 bridgehead atoms. The maximum atomic E-state index is 6.56. The van der Waals surface area contributed by atoms with E-state index in [-0.39, 0.29) is 0 Å². The Balaban J connectivity index is 1.49. The zero-order valence-electron chi connectivity index (χ0n) is 22.1. The van der Waals surface area contributed by atoms with E-state index in [1.807, 2.05) is 18.3 Å². The van der Waals surface area contributed by atoms with E-state index in [9.17, 15) is 0 Å². The van der Waals surface area contributed by atoms with Crippen LogP contribution in [0.4, 0.5) is 0 Å². The van der Waals surface area contributed by atoms with E-state index >= 15 is 0 Å². The van der Waals surface area contributed by atoms with Gasteiger partial charge in [0.15, 0.2) is 0 Å². The number of fused-ring (bicyclic) bond motifs is 13. The third-order valence-electron chi connectivity index (χ3n) is 8.52. The van der Waals surface area contributed by atoms with Gasteiger partial charge in [-0.2, -0.15) is 0 Å². The highest BCUT2D eigenvalue weighted by atomic mass is 16.3. The van der Waals surface area contributed by atoms with Crippen molar-refractivity contribution in [3.63, 3.8) is 0 Å². The summed E-state index contributed by atoms with van der Waals surface area (Å²) in [5.74, 6) is 0. The number of para-hydroxylation sites is 2. The quantitative estimate of drug-likeness (QED) is 0.215. The summed E-state index contributed by atoms with van der Waals surface area (Å²) < 4.78 is 6.56. The van der Waals surface area contributed by atoms with Crippen LogP contribution in [0.25, 0.3) is 88.5 Å². The summed E-state index contributed by atoms with van der Waals surface area (Å²) in [4.78, 5) is 4.75. The van der Waals surface area contributed by atoms with Crippen molar-refractivity contribution in [3.05, 3.63) is 140 Å². The first-order valence-corrected chi connectivity index (χ1v) is 14.0. The van der Waals surface area contributed by atoms with Crippen LogP contribution in [0, 0.1) is 0 Å². The number of rotatable bonds is 1. The maximum absolute atomic E-state index is 6.56. The van der Waals surface area contributed by atoms with Crippen LogP contribution in [0.1, 0.15) is 0 Å². The van der Waals surface area contributed by atoms with Crippen molar-refractivity contribution in [1.82, 2.24) is 4.98 Å². The van der Waals surface area contributed by atoms with Gasteiger partial charge in [-0.25, -0.2) is 0 Å². The summed E-state index contributed by atoms with van der Waals surface area (Å²) in [5.41, 5.74) is 14.8. The molecule has 2 nitrogen and oxygen atoms in total. The van der Waals surface area contributed by atoms with Crippen molar-refractivity contribution in [2.45, 2.75) is 0 Å². The molecule has 0 atom stereocenters. The molecule has 0 aliphatic heterocycles. The molecule has 2 heterocycles. The Morgan fingerprint density at radius 1 is 0.366 bits per heavy atom. The zero-order valence-corrected chi connectivity index (χ0v) is 22.1. The number of pyridine rings is 1. The molecule has 2 heteroatoms. The van der Waals surface area contributed by atoms with Gasteiger partial charge in [0.2, 0.25) is 0 Å². The van der Waals surface area contributed by atoms with Crippen molar-refractivity contribution in [2.24, 2.45) is 0 Å². The van der Waals surface area contributed by atoms with Gasteiger partial charge in [-0.3, -0.25) is 4.98 Å². The Hall–Kier alpha value is -5.47. The van der Waals surface area contributed by atoms with Gasteiger partial charge >= 0.3 is 0 Å². The topological polar surface area (TPSA) is 26.0 Å². The summed E-state index contributed by atoms with van der Waals surface area (Å²) in [7, 11) is 0. The third-order valence-corrected chi connectivity index (χ3v) is 8.52. The highest BCUT2D eigenvalue weighted by molar-refractivity contribution is 6.16. The number of nitrogens with zero attached hydrogens (tertiary/aromatic N) is 1. The smallest absolute Gasteiger partial charge is 0.143 e. The molecule has 0 fully saturated rings. The van der Waals surface area contributed by atoms with E-state index in [2.05, 4.69) is 121 Å². The van der Waals surface area contributed by atoms with E-state index in [4.69, 9.17) is 9.40 Å². The molecule has 41 heavy (non-hydrogen) atoms.